The van der Waals surface area contributed by atoms with Crippen molar-refractivity contribution in [1.82, 2.24) is 14.3 Å². The van der Waals surface area contributed by atoms with E-state index in [-0.39, 0.29) is 35.8 Å². The molecule has 0 unspecified atom stereocenters. The van der Waals surface area contributed by atoms with Gasteiger partial charge in [-0.05, 0) is 12.3 Å². The van der Waals surface area contributed by atoms with E-state index in [9.17, 15) is 14.7 Å². The van der Waals surface area contributed by atoms with Crippen molar-refractivity contribution in [3.05, 3.63) is 33.1 Å². The maximum atomic E-state index is 12.7. The number of pyridine rings is 1. The number of hydrogen-bond acceptors (Lipinski definition) is 6. The molecule has 1 N–H and O–H groups in total. The van der Waals surface area contributed by atoms with Crippen LogP contribution in [-0.4, -0.2) is 44.2 Å². The number of halogens is 1. The molecule has 2 aromatic rings. The first-order valence-corrected chi connectivity index (χ1v) is 10.5. The Hall–Kier alpha value is -2.32. The number of carbonyl (C=O) groups excluding carboxylic acids is 1. The van der Waals surface area contributed by atoms with Crippen LogP contribution in [0.15, 0.2) is 17.1 Å². The molecule has 1 aliphatic heterocycles. The summed E-state index contributed by atoms with van der Waals surface area (Å²) in [5, 5.41) is 14.4. The topological polar surface area (TPSA) is 95.6 Å². The second-order valence-corrected chi connectivity index (χ2v) is 9.34. The molecule has 8 nitrogen and oxygen atoms in total. The van der Waals surface area contributed by atoms with Gasteiger partial charge < -0.3 is 19.1 Å². The zero-order valence-corrected chi connectivity index (χ0v) is 18.3. The molecule has 3 heterocycles. The molecular formula is C21H26ClN3O5. The maximum Gasteiger partial charge on any atom is 0.343 e. The fraction of sp³-hybridized carbons (Fsp3) is 0.571. The Bertz CT molecular complexity index is 1050. The van der Waals surface area contributed by atoms with Crippen molar-refractivity contribution in [3.63, 3.8) is 0 Å². The third kappa shape index (κ3) is 3.52. The van der Waals surface area contributed by atoms with Crippen LogP contribution in [-0.2, 0) is 11.3 Å². The first-order chi connectivity index (χ1) is 14.1. The average molecular weight is 436 g/mol. The third-order valence-corrected chi connectivity index (χ3v) is 6.05. The lowest BCUT2D eigenvalue weighted by Crippen LogP contribution is -2.37. The molecule has 1 aliphatic carbocycles. The Morgan fingerprint density at radius 1 is 1.37 bits per heavy atom. The molecule has 1 saturated carbocycles. The minimum atomic E-state index is -0.636. The number of fused-ring (bicyclic) bond motifs is 3. The predicted octanol–water partition coefficient (Wildman–Crippen LogP) is 3.04. The minimum Gasteiger partial charge on any atom is -0.472 e. The molecule has 162 valence electrons. The first kappa shape index (κ1) is 20.9. The van der Waals surface area contributed by atoms with E-state index in [0.717, 1.165) is 0 Å². The molecule has 0 bridgehead atoms. The highest BCUT2D eigenvalue weighted by Gasteiger charge is 2.38. The van der Waals surface area contributed by atoms with Crippen LogP contribution >= 0.6 is 11.6 Å². The Morgan fingerprint density at radius 3 is 2.67 bits per heavy atom. The van der Waals surface area contributed by atoms with E-state index in [2.05, 4.69) is 25.9 Å². The molecule has 30 heavy (non-hydrogen) atoms. The molecule has 0 amide bonds. The second-order valence-electron chi connectivity index (χ2n) is 8.96. The van der Waals surface area contributed by atoms with Crippen LogP contribution in [0.2, 0.25) is 5.02 Å². The summed E-state index contributed by atoms with van der Waals surface area (Å²) in [7, 11) is 0. The Labute approximate surface area is 179 Å². The molecule has 0 aromatic carbocycles. The highest BCUT2D eigenvalue weighted by Crippen LogP contribution is 2.44. The standard InChI is InChI=1S/C21H26ClN3O5/c1-5-29-20(28)13-9-24-14(8-15(13)27)18-17(22)19(30-12-6-11(26)7-12)23-25(18)10-16(24)21(2,3)4/h8-9,11-12,16,26H,5-7,10H2,1-4H3/t11-,12-,16-/m0/s1. The van der Waals surface area contributed by atoms with E-state index >= 15 is 0 Å². The van der Waals surface area contributed by atoms with Crippen molar-refractivity contribution < 1.29 is 19.4 Å². The van der Waals surface area contributed by atoms with Gasteiger partial charge in [0.2, 0.25) is 0 Å². The van der Waals surface area contributed by atoms with Crippen LogP contribution in [0.1, 0.15) is 56.9 Å². The number of aliphatic hydroxyl groups excluding tert-OH is 1. The number of aromatic nitrogens is 3. The van der Waals surface area contributed by atoms with Gasteiger partial charge in [-0.15, -0.1) is 5.10 Å². The number of ether oxygens (including phenoxy) is 2. The van der Waals surface area contributed by atoms with Crippen molar-refractivity contribution in [1.29, 1.82) is 0 Å². The molecule has 9 heteroatoms. The Kier molecular flexibility index (Phi) is 5.18. The lowest BCUT2D eigenvalue weighted by Gasteiger charge is -2.38. The van der Waals surface area contributed by atoms with Gasteiger partial charge in [-0.2, -0.15) is 0 Å². The fourth-order valence-corrected chi connectivity index (χ4v) is 4.24. The van der Waals surface area contributed by atoms with Crippen molar-refractivity contribution in [2.45, 2.75) is 65.3 Å². The summed E-state index contributed by atoms with van der Waals surface area (Å²) < 4.78 is 14.6. The molecule has 1 fully saturated rings. The molecule has 0 radical (unpaired) electrons. The quantitative estimate of drug-likeness (QED) is 0.741. The van der Waals surface area contributed by atoms with E-state index in [1.807, 2.05) is 4.57 Å². The van der Waals surface area contributed by atoms with Crippen LogP contribution in [0.5, 0.6) is 5.88 Å². The minimum absolute atomic E-state index is 0.00105. The highest BCUT2D eigenvalue weighted by atomic mass is 35.5. The van der Waals surface area contributed by atoms with Crippen molar-refractivity contribution in [2.24, 2.45) is 5.41 Å². The third-order valence-electron chi connectivity index (χ3n) is 5.71. The van der Waals surface area contributed by atoms with Gasteiger partial charge in [-0.25, -0.2) is 4.79 Å². The smallest absolute Gasteiger partial charge is 0.343 e. The largest absolute Gasteiger partial charge is 0.472 e. The summed E-state index contributed by atoms with van der Waals surface area (Å²) in [6.07, 6.45) is 2.18. The van der Waals surface area contributed by atoms with E-state index in [1.54, 1.807) is 17.8 Å². The SMILES string of the molecule is CCOC(=O)c1cn2c(cc1=O)-c1c(Cl)c(O[C@H]3C[C@H](O)C3)nn1C[C@H]2C(C)(C)C. The van der Waals surface area contributed by atoms with Gasteiger partial charge in [0.05, 0.1) is 31.0 Å². The number of hydrogen-bond donors (Lipinski definition) is 1. The highest BCUT2D eigenvalue weighted by molar-refractivity contribution is 6.34. The zero-order chi connectivity index (χ0) is 21.8. The number of aliphatic hydroxyl groups is 1. The van der Waals surface area contributed by atoms with Gasteiger partial charge >= 0.3 is 5.97 Å². The summed E-state index contributed by atoms with van der Waals surface area (Å²) in [5.74, 6) is -0.338. The van der Waals surface area contributed by atoms with E-state index < -0.39 is 11.4 Å². The van der Waals surface area contributed by atoms with Gasteiger partial charge in [0.25, 0.3) is 5.88 Å². The summed E-state index contributed by atoms with van der Waals surface area (Å²) >= 11 is 6.62. The number of carbonyl (C=O) groups is 1. The van der Waals surface area contributed by atoms with Crippen molar-refractivity contribution in [2.75, 3.05) is 6.61 Å². The monoisotopic (exact) mass is 435 g/mol. The maximum absolute atomic E-state index is 12.7. The molecule has 2 aliphatic rings. The lowest BCUT2D eigenvalue weighted by molar-refractivity contribution is -0.0131. The lowest BCUT2D eigenvalue weighted by atomic mass is 9.85. The Balaban J connectivity index is 1.83. The van der Waals surface area contributed by atoms with Gasteiger partial charge in [0, 0.05) is 25.1 Å². The zero-order valence-electron chi connectivity index (χ0n) is 17.5. The van der Waals surface area contributed by atoms with Crippen LogP contribution in [0.25, 0.3) is 11.4 Å². The molecular weight excluding hydrogens is 410 g/mol. The van der Waals surface area contributed by atoms with Crippen LogP contribution in [0, 0.1) is 5.41 Å². The van der Waals surface area contributed by atoms with Crippen molar-refractivity contribution >= 4 is 17.6 Å². The van der Waals surface area contributed by atoms with Gasteiger partial charge in [0.15, 0.2) is 5.43 Å². The predicted molar refractivity (Wildman–Crippen MR) is 111 cm³/mol. The molecule has 4 rings (SSSR count). The second kappa shape index (κ2) is 7.42. The van der Waals surface area contributed by atoms with E-state index in [4.69, 9.17) is 21.1 Å². The fourth-order valence-electron chi connectivity index (χ4n) is 3.96. The number of nitrogens with zero attached hydrogens (tertiary/aromatic N) is 3. The molecule has 0 spiro atoms. The first-order valence-electron chi connectivity index (χ1n) is 10.1. The molecule has 0 saturated heterocycles. The van der Waals surface area contributed by atoms with E-state index in [0.29, 0.717) is 41.7 Å². The Morgan fingerprint density at radius 2 is 2.07 bits per heavy atom. The number of rotatable bonds is 4. The van der Waals surface area contributed by atoms with E-state index in [1.165, 1.54) is 6.07 Å². The van der Waals surface area contributed by atoms with Crippen LogP contribution in [0.3, 0.4) is 0 Å². The van der Waals surface area contributed by atoms with Crippen molar-refractivity contribution in [3.8, 4) is 17.3 Å². The molecule has 2 aromatic heterocycles. The van der Waals surface area contributed by atoms with Crippen LogP contribution in [0.4, 0.5) is 0 Å². The summed E-state index contributed by atoms with van der Waals surface area (Å²) in [5.41, 5.74) is 0.548. The summed E-state index contributed by atoms with van der Waals surface area (Å²) in [4.78, 5) is 25.0. The van der Waals surface area contributed by atoms with Crippen LogP contribution < -0.4 is 10.2 Å². The van der Waals surface area contributed by atoms with Gasteiger partial charge in [-0.1, -0.05) is 32.4 Å². The average Bonchev–Trinajstić information content (AvgIpc) is 2.94. The number of esters is 1. The van der Waals surface area contributed by atoms with Gasteiger partial charge in [-0.3, -0.25) is 9.48 Å². The molecule has 1 atom stereocenters. The summed E-state index contributed by atoms with van der Waals surface area (Å²) in [6.45, 7) is 8.67. The van der Waals surface area contributed by atoms with Gasteiger partial charge in [0.1, 0.15) is 22.4 Å². The normalized spacial score (nSPS) is 22.7. The summed E-state index contributed by atoms with van der Waals surface area (Å²) in [6, 6.07) is 1.34.